The highest BCUT2D eigenvalue weighted by Gasteiger charge is 2.13. The molecule has 0 aliphatic heterocycles. The van der Waals surface area contributed by atoms with Crippen molar-refractivity contribution in [1.29, 1.82) is 0 Å². The van der Waals surface area contributed by atoms with Gasteiger partial charge >= 0.3 is 0 Å². The molecule has 3 aromatic rings. The Hall–Kier alpha value is -2.77. The van der Waals surface area contributed by atoms with Crippen LogP contribution in [0.4, 0.5) is 0 Å². The summed E-state index contributed by atoms with van der Waals surface area (Å²) in [5, 5.41) is 15.6. The molecule has 0 saturated heterocycles. The number of thiazole rings is 1. The van der Waals surface area contributed by atoms with Gasteiger partial charge in [-0.25, -0.2) is 4.99 Å². The number of aliphatic hydroxyl groups is 1. The van der Waals surface area contributed by atoms with Crippen molar-refractivity contribution in [3.05, 3.63) is 69.6 Å². The van der Waals surface area contributed by atoms with Crippen LogP contribution in [0.1, 0.15) is 56.2 Å². The number of amides is 1. The zero-order valence-electron chi connectivity index (χ0n) is 18.5. The Labute approximate surface area is 187 Å². The third-order valence-electron chi connectivity index (χ3n) is 5.16. The monoisotopic (exact) mass is 438 g/mol. The van der Waals surface area contributed by atoms with Crippen molar-refractivity contribution in [3.63, 3.8) is 0 Å². The van der Waals surface area contributed by atoms with E-state index >= 15 is 0 Å². The lowest BCUT2D eigenvalue weighted by atomic mass is 10.0. The number of benzene rings is 1. The van der Waals surface area contributed by atoms with E-state index in [2.05, 4.69) is 63.4 Å². The molecule has 0 saturated carbocycles. The second-order valence-electron chi connectivity index (χ2n) is 7.85. The van der Waals surface area contributed by atoms with E-state index < -0.39 is 6.23 Å². The van der Waals surface area contributed by atoms with Crippen molar-refractivity contribution in [3.8, 4) is 11.3 Å². The summed E-state index contributed by atoms with van der Waals surface area (Å²) in [5.74, 6) is 0.442. The first-order chi connectivity index (χ1) is 14.9. The molecule has 0 spiro atoms. The minimum Gasteiger partial charge on any atom is -0.368 e. The van der Waals surface area contributed by atoms with Gasteiger partial charge in [0, 0.05) is 42.8 Å². The second-order valence-corrected chi connectivity index (χ2v) is 8.69. The summed E-state index contributed by atoms with van der Waals surface area (Å²) in [4.78, 5) is 20.8. The normalized spacial score (nSPS) is 12.9. The van der Waals surface area contributed by atoms with Gasteiger partial charge in [-0.05, 0) is 36.5 Å². The van der Waals surface area contributed by atoms with Gasteiger partial charge in [0.15, 0.2) is 11.0 Å². The Morgan fingerprint density at radius 2 is 2.00 bits per heavy atom. The van der Waals surface area contributed by atoms with Crippen LogP contribution in [0.15, 0.2) is 53.0 Å². The van der Waals surface area contributed by atoms with Crippen molar-refractivity contribution >= 4 is 17.2 Å². The fourth-order valence-electron chi connectivity index (χ4n) is 3.36. The van der Waals surface area contributed by atoms with E-state index in [1.807, 2.05) is 13.0 Å². The molecule has 1 amide bonds. The van der Waals surface area contributed by atoms with Crippen LogP contribution in [0.25, 0.3) is 11.3 Å². The van der Waals surface area contributed by atoms with Gasteiger partial charge < -0.3 is 15.0 Å². The van der Waals surface area contributed by atoms with Crippen LogP contribution in [0.5, 0.6) is 0 Å². The van der Waals surface area contributed by atoms with E-state index in [9.17, 15) is 9.90 Å². The molecule has 2 heterocycles. The second kappa shape index (κ2) is 10.5. The Bertz CT molecular complexity index is 1080. The maximum absolute atomic E-state index is 11.2. The van der Waals surface area contributed by atoms with Gasteiger partial charge in [0.1, 0.15) is 0 Å². The van der Waals surface area contributed by atoms with Crippen LogP contribution in [0.2, 0.25) is 0 Å². The van der Waals surface area contributed by atoms with E-state index in [4.69, 9.17) is 0 Å². The topological polar surface area (TPSA) is 79.5 Å². The van der Waals surface area contributed by atoms with Crippen molar-refractivity contribution in [2.45, 2.75) is 52.8 Å². The van der Waals surface area contributed by atoms with Gasteiger partial charge in [-0.2, -0.15) is 0 Å². The van der Waals surface area contributed by atoms with Crippen molar-refractivity contribution in [2.75, 3.05) is 6.54 Å². The van der Waals surface area contributed by atoms with E-state index in [-0.39, 0.29) is 5.91 Å². The first kappa shape index (κ1) is 22.9. The predicted molar refractivity (Wildman–Crippen MR) is 125 cm³/mol. The van der Waals surface area contributed by atoms with Crippen LogP contribution in [0, 0.1) is 6.92 Å². The van der Waals surface area contributed by atoms with Crippen LogP contribution < -0.4 is 10.1 Å². The number of aryl methyl sites for hydroxylation is 1. The number of rotatable bonds is 8. The summed E-state index contributed by atoms with van der Waals surface area (Å²) >= 11 is 1.50. The van der Waals surface area contributed by atoms with Crippen molar-refractivity contribution < 1.29 is 9.90 Å². The third kappa shape index (κ3) is 5.89. The zero-order valence-corrected chi connectivity index (χ0v) is 19.3. The zero-order chi connectivity index (χ0) is 22.4. The number of aliphatic hydroxyl groups excluding tert-OH is 1. The van der Waals surface area contributed by atoms with Gasteiger partial charge in [0.05, 0.1) is 5.69 Å². The van der Waals surface area contributed by atoms with Crippen molar-refractivity contribution in [1.82, 2.24) is 14.9 Å². The first-order valence-corrected chi connectivity index (χ1v) is 11.4. The molecule has 6 nitrogen and oxygen atoms in total. The largest absolute Gasteiger partial charge is 0.368 e. The van der Waals surface area contributed by atoms with E-state index in [0.717, 1.165) is 28.2 Å². The first-order valence-electron chi connectivity index (χ1n) is 10.5. The molecule has 31 heavy (non-hydrogen) atoms. The fourth-order valence-corrected chi connectivity index (χ4v) is 4.32. The molecule has 0 fully saturated rings. The maximum atomic E-state index is 11.2. The molecule has 0 aliphatic carbocycles. The summed E-state index contributed by atoms with van der Waals surface area (Å²) in [6.45, 7) is 9.02. The van der Waals surface area contributed by atoms with Gasteiger partial charge in [0.25, 0.3) is 0 Å². The maximum Gasteiger partial charge on any atom is 0.216 e. The molecular weight excluding hydrogens is 408 g/mol. The molecule has 2 N–H and O–H groups in total. The lowest BCUT2D eigenvalue weighted by Gasteiger charge is -2.12. The summed E-state index contributed by atoms with van der Waals surface area (Å²) in [7, 11) is 0. The SMILES string of the molecule is CC(=O)NCCCn1c(-c2ccc(C(C)C)cc2)cs/c1=N\C(O)c1cccnc1C. The molecule has 1 atom stereocenters. The minimum atomic E-state index is -0.981. The van der Waals surface area contributed by atoms with Crippen LogP contribution in [-0.4, -0.2) is 27.1 Å². The highest BCUT2D eigenvalue weighted by Crippen LogP contribution is 2.24. The number of aromatic nitrogens is 2. The van der Waals surface area contributed by atoms with E-state index in [1.165, 1.54) is 23.8 Å². The van der Waals surface area contributed by atoms with Crippen molar-refractivity contribution in [2.24, 2.45) is 4.99 Å². The summed E-state index contributed by atoms with van der Waals surface area (Å²) in [5.41, 5.74) is 4.91. The van der Waals surface area contributed by atoms with Crippen LogP contribution in [0.3, 0.4) is 0 Å². The number of hydrogen-bond acceptors (Lipinski definition) is 5. The summed E-state index contributed by atoms with van der Waals surface area (Å²) < 4.78 is 2.12. The number of nitrogens with zero attached hydrogens (tertiary/aromatic N) is 3. The fraction of sp³-hybridized carbons (Fsp3) is 0.375. The number of nitrogens with one attached hydrogen (secondary N) is 1. The molecule has 2 aromatic heterocycles. The predicted octanol–water partition coefficient (Wildman–Crippen LogP) is 4.16. The highest BCUT2D eigenvalue weighted by molar-refractivity contribution is 7.07. The lowest BCUT2D eigenvalue weighted by molar-refractivity contribution is -0.118. The van der Waals surface area contributed by atoms with E-state index in [0.29, 0.717) is 24.6 Å². The molecule has 0 radical (unpaired) electrons. The molecule has 164 valence electrons. The Kier molecular flexibility index (Phi) is 7.76. The molecule has 7 heteroatoms. The molecule has 0 aliphatic rings. The average Bonchev–Trinajstić information content (AvgIpc) is 3.13. The molecule has 1 aromatic carbocycles. The Balaban J connectivity index is 1.96. The smallest absolute Gasteiger partial charge is 0.216 e. The van der Waals surface area contributed by atoms with Crippen LogP contribution >= 0.6 is 11.3 Å². The highest BCUT2D eigenvalue weighted by atomic mass is 32.1. The number of pyridine rings is 1. The average molecular weight is 439 g/mol. The molecule has 1 unspecified atom stereocenters. The third-order valence-corrected chi connectivity index (χ3v) is 6.04. The lowest BCUT2D eigenvalue weighted by Crippen LogP contribution is -2.24. The molecular formula is C24H30N4O2S. The molecule has 0 bridgehead atoms. The van der Waals surface area contributed by atoms with Gasteiger partial charge in [0.2, 0.25) is 5.91 Å². The van der Waals surface area contributed by atoms with Gasteiger partial charge in [-0.3, -0.25) is 9.78 Å². The van der Waals surface area contributed by atoms with Gasteiger partial charge in [-0.1, -0.05) is 44.2 Å². The summed E-state index contributed by atoms with van der Waals surface area (Å²) in [6, 6.07) is 12.2. The number of carbonyl (C=O) groups is 1. The van der Waals surface area contributed by atoms with E-state index in [1.54, 1.807) is 12.3 Å². The number of carbonyl (C=O) groups excluding carboxylic acids is 1. The minimum absolute atomic E-state index is 0.0350. The van der Waals surface area contributed by atoms with Gasteiger partial charge in [-0.15, -0.1) is 11.3 Å². The molecule has 3 rings (SSSR count). The van der Waals surface area contributed by atoms with Crippen LogP contribution in [-0.2, 0) is 11.3 Å². The standard InChI is InChI=1S/C24H30N4O2S/c1-16(2)19-8-10-20(11-9-19)22-15-31-24(28(22)14-6-13-26-18(4)29)27-23(30)21-7-5-12-25-17(21)3/h5,7-12,15-16,23,30H,6,13-14H2,1-4H3,(H,26,29)/b27-24-. The Morgan fingerprint density at radius 1 is 1.26 bits per heavy atom. The Morgan fingerprint density at radius 3 is 2.65 bits per heavy atom. The quantitative estimate of drug-likeness (QED) is 0.518. The summed E-state index contributed by atoms with van der Waals surface area (Å²) in [6.07, 6.45) is 1.49. The number of hydrogen-bond donors (Lipinski definition) is 2.